The molecular formula is C30H44O2. The van der Waals surface area contributed by atoms with Gasteiger partial charge in [0, 0.05) is 5.92 Å². The molecule has 176 valence electrons. The van der Waals surface area contributed by atoms with Gasteiger partial charge in [0.1, 0.15) is 11.5 Å². The third-order valence-corrected chi connectivity index (χ3v) is 7.23. The minimum Gasteiger partial charge on any atom is -0.494 e. The highest BCUT2D eigenvalue weighted by Crippen LogP contribution is 2.32. The molecule has 1 aromatic carbocycles. The van der Waals surface area contributed by atoms with E-state index in [-0.39, 0.29) is 0 Å². The lowest BCUT2D eigenvalue weighted by Crippen LogP contribution is -2.19. The molecule has 2 nitrogen and oxygen atoms in total. The van der Waals surface area contributed by atoms with Crippen LogP contribution in [0.5, 0.6) is 11.5 Å². The Bertz CT molecular complexity index is 707. The fourth-order valence-corrected chi connectivity index (χ4v) is 5.05. The van der Waals surface area contributed by atoms with Crippen molar-refractivity contribution in [2.45, 2.75) is 90.9 Å². The van der Waals surface area contributed by atoms with Gasteiger partial charge in [-0.1, -0.05) is 51.0 Å². The quantitative estimate of drug-likeness (QED) is 0.344. The predicted octanol–water partition coefficient (Wildman–Crippen LogP) is 8.22. The fraction of sp³-hybridized carbons (Fsp3) is 0.667. The Kier molecular flexibility index (Phi) is 11.1. The van der Waals surface area contributed by atoms with Gasteiger partial charge in [0.15, 0.2) is 0 Å². The van der Waals surface area contributed by atoms with Crippen molar-refractivity contribution in [1.29, 1.82) is 0 Å². The first kappa shape index (κ1) is 24.8. The normalized spacial score (nSPS) is 25.8. The molecule has 0 saturated heterocycles. The van der Waals surface area contributed by atoms with Gasteiger partial charge in [0.25, 0.3) is 0 Å². The summed E-state index contributed by atoms with van der Waals surface area (Å²) >= 11 is 0. The van der Waals surface area contributed by atoms with Crippen molar-refractivity contribution in [3.63, 3.8) is 0 Å². The SMILES string of the molecule is CCCC[C@H]1CC[C@H](C=CC#C[C@H]2CC[C@H](COc3ccc(OCCC)cc3)CC2)CC1. The van der Waals surface area contributed by atoms with Crippen molar-refractivity contribution in [1.82, 2.24) is 0 Å². The first-order valence-corrected chi connectivity index (χ1v) is 13.3. The van der Waals surface area contributed by atoms with E-state index in [9.17, 15) is 0 Å². The molecule has 2 saturated carbocycles. The number of hydrogen-bond donors (Lipinski definition) is 0. The summed E-state index contributed by atoms with van der Waals surface area (Å²) in [5, 5.41) is 0. The molecule has 2 aliphatic carbocycles. The van der Waals surface area contributed by atoms with Crippen LogP contribution in [-0.4, -0.2) is 13.2 Å². The van der Waals surface area contributed by atoms with Gasteiger partial charge in [-0.2, -0.15) is 0 Å². The van der Waals surface area contributed by atoms with E-state index < -0.39 is 0 Å². The van der Waals surface area contributed by atoms with Gasteiger partial charge < -0.3 is 9.47 Å². The average molecular weight is 437 g/mol. The Morgan fingerprint density at radius 1 is 0.812 bits per heavy atom. The van der Waals surface area contributed by atoms with E-state index in [0.29, 0.717) is 11.8 Å². The van der Waals surface area contributed by atoms with Gasteiger partial charge in [-0.25, -0.2) is 0 Å². The number of hydrogen-bond acceptors (Lipinski definition) is 2. The summed E-state index contributed by atoms with van der Waals surface area (Å²) in [7, 11) is 0. The molecule has 3 rings (SSSR count). The lowest BCUT2D eigenvalue weighted by atomic mass is 9.80. The van der Waals surface area contributed by atoms with Crippen molar-refractivity contribution in [2.24, 2.45) is 23.7 Å². The first-order chi connectivity index (χ1) is 15.8. The third kappa shape index (κ3) is 8.93. The van der Waals surface area contributed by atoms with Gasteiger partial charge >= 0.3 is 0 Å². The summed E-state index contributed by atoms with van der Waals surface area (Å²) in [6.45, 7) is 6.00. The van der Waals surface area contributed by atoms with Gasteiger partial charge in [-0.05, 0) is 106 Å². The maximum absolute atomic E-state index is 6.03. The highest BCUT2D eigenvalue weighted by atomic mass is 16.5. The van der Waals surface area contributed by atoms with Gasteiger partial charge in [0.05, 0.1) is 13.2 Å². The second-order valence-electron chi connectivity index (χ2n) is 9.92. The van der Waals surface area contributed by atoms with Crippen LogP contribution in [0.25, 0.3) is 0 Å². The Balaban J connectivity index is 1.29. The summed E-state index contributed by atoms with van der Waals surface area (Å²) in [5.74, 6) is 11.7. The zero-order valence-corrected chi connectivity index (χ0v) is 20.5. The van der Waals surface area contributed by atoms with Crippen molar-refractivity contribution < 1.29 is 9.47 Å². The Morgan fingerprint density at radius 2 is 1.47 bits per heavy atom. The average Bonchev–Trinajstić information content (AvgIpc) is 2.85. The largest absolute Gasteiger partial charge is 0.494 e. The summed E-state index contributed by atoms with van der Waals surface area (Å²) in [5.41, 5.74) is 0. The zero-order valence-electron chi connectivity index (χ0n) is 20.5. The van der Waals surface area contributed by atoms with Crippen molar-refractivity contribution in [2.75, 3.05) is 13.2 Å². The van der Waals surface area contributed by atoms with Crippen molar-refractivity contribution in [3.8, 4) is 23.3 Å². The predicted molar refractivity (Wildman–Crippen MR) is 135 cm³/mol. The van der Waals surface area contributed by atoms with Crippen LogP contribution in [0, 0.1) is 35.5 Å². The molecular weight excluding hydrogens is 392 g/mol. The van der Waals surface area contributed by atoms with Crippen molar-refractivity contribution >= 4 is 0 Å². The van der Waals surface area contributed by atoms with Crippen LogP contribution in [-0.2, 0) is 0 Å². The Morgan fingerprint density at radius 3 is 2.12 bits per heavy atom. The van der Waals surface area contributed by atoms with Crippen molar-refractivity contribution in [3.05, 3.63) is 36.4 Å². The number of ether oxygens (including phenoxy) is 2. The fourth-order valence-electron chi connectivity index (χ4n) is 5.05. The van der Waals surface area contributed by atoms with E-state index in [4.69, 9.17) is 9.47 Å². The Labute approximate surface area is 197 Å². The molecule has 0 N–H and O–H groups in total. The molecule has 0 aromatic heterocycles. The zero-order chi connectivity index (χ0) is 22.4. The van der Waals surface area contributed by atoms with E-state index in [1.54, 1.807) is 0 Å². The molecule has 32 heavy (non-hydrogen) atoms. The molecule has 0 amide bonds. The second kappa shape index (κ2) is 14.3. The summed E-state index contributed by atoms with van der Waals surface area (Å²) < 4.78 is 11.7. The van der Waals surface area contributed by atoms with Crippen LogP contribution in [0.3, 0.4) is 0 Å². The molecule has 0 aliphatic heterocycles. The lowest BCUT2D eigenvalue weighted by molar-refractivity contribution is 0.196. The molecule has 1 aromatic rings. The number of benzene rings is 1. The van der Waals surface area contributed by atoms with Crippen LogP contribution in [0.2, 0.25) is 0 Å². The smallest absolute Gasteiger partial charge is 0.119 e. The summed E-state index contributed by atoms with van der Waals surface area (Å²) in [6, 6.07) is 8.05. The number of unbranched alkanes of at least 4 members (excludes halogenated alkanes) is 1. The second-order valence-corrected chi connectivity index (χ2v) is 9.92. The standard InChI is InChI=1S/C30H44O2/c1-3-5-8-25-11-13-26(14-12-25)9-6-7-10-27-15-17-28(18-16-27)24-32-30-21-19-29(20-22-30)31-23-4-2/h6,9,19-22,25-28H,3-5,8,11-18,23-24H2,1-2H3/t25-,26-,27-,28-. The van der Waals surface area contributed by atoms with Crippen LogP contribution < -0.4 is 9.47 Å². The highest BCUT2D eigenvalue weighted by molar-refractivity contribution is 5.31. The van der Waals surface area contributed by atoms with Crippen LogP contribution in [0.1, 0.15) is 90.9 Å². The van der Waals surface area contributed by atoms with E-state index >= 15 is 0 Å². The molecule has 2 heteroatoms. The van der Waals surface area contributed by atoms with Gasteiger partial charge in [0.2, 0.25) is 0 Å². The first-order valence-electron chi connectivity index (χ1n) is 13.3. The lowest BCUT2D eigenvalue weighted by Gasteiger charge is -2.26. The van der Waals surface area contributed by atoms with E-state index in [1.165, 1.54) is 70.6 Å². The number of rotatable bonds is 10. The van der Waals surface area contributed by atoms with Crippen LogP contribution in [0.4, 0.5) is 0 Å². The highest BCUT2D eigenvalue weighted by Gasteiger charge is 2.21. The Hall–Kier alpha value is -1.88. The van der Waals surface area contributed by atoms with E-state index in [0.717, 1.165) is 43.0 Å². The molecule has 0 bridgehead atoms. The molecule has 0 heterocycles. The number of allylic oxidation sites excluding steroid dienone is 2. The van der Waals surface area contributed by atoms with Gasteiger partial charge in [-0.3, -0.25) is 0 Å². The van der Waals surface area contributed by atoms with E-state index in [2.05, 4.69) is 37.8 Å². The topological polar surface area (TPSA) is 18.5 Å². The molecule has 2 fully saturated rings. The minimum atomic E-state index is 0.565. The molecule has 0 unspecified atom stereocenters. The summed E-state index contributed by atoms with van der Waals surface area (Å²) in [6.07, 6.45) is 20.2. The maximum atomic E-state index is 6.03. The summed E-state index contributed by atoms with van der Waals surface area (Å²) in [4.78, 5) is 0. The maximum Gasteiger partial charge on any atom is 0.119 e. The molecule has 0 radical (unpaired) electrons. The molecule has 2 aliphatic rings. The van der Waals surface area contributed by atoms with Crippen LogP contribution >= 0.6 is 0 Å². The monoisotopic (exact) mass is 436 g/mol. The van der Waals surface area contributed by atoms with Crippen LogP contribution in [0.15, 0.2) is 36.4 Å². The van der Waals surface area contributed by atoms with E-state index in [1.807, 2.05) is 24.3 Å². The molecule has 0 atom stereocenters. The van der Waals surface area contributed by atoms with Gasteiger partial charge in [-0.15, -0.1) is 0 Å². The molecule has 0 spiro atoms. The third-order valence-electron chi connectivity index (χ3n) is 7.23. The minimum absolute atomic E-state index is 0.565.